The first-order valence-corrected chi connectivity index (χ1v) is 5.87. The van der Waals surface area contributed by atoms with Crippen molar-refractivity contribution >= 4 is 17.3 Å². The second kappa shape index (κ2) is 5.27. The van der Waals surface area contributed by atoms with E-state index in [0.29, 0.717) is 22.0 Å². The summed E-state index contributed by atoms with van der Waals surface area (Å²) < 4.78 is 19.0. The Kier molecular flexibility index (Phi) is 3.72. The minimum atomic E-state index is -0.332. The fraction of sp³-hybridized carbons (Fsp3) is 0.143. The molecule has 94 valence electrons. The van der Waals surface area contributed by atoms with Gasteiger partial charge in [-0.05, 0) is 37.3 Å². The highest BCUT2D eigenvalue weighted by Crippen LogP contribution is 2.24. The number of nitrogens with two attached hydrogens (primary N) is 1. The number of ether oxygens (including phenoxy) is 1. The monoisotopic (exact) mass is 265 g/mol. The molecule has 0 aliphatic carbocycles. The molecule has 0 spiro atoms. The average molecular weight is 266 g/mol. The molecule has 0 heterocycles. The van der Waals surface area contributed by atoms with Gasteiger partial charge >= 0.3 is 0 Å². The van der Waals surface area contributed by atoms with Gasteiger partial charge in [0.05, 0.1) is 0 Å². The van der Waals surface area contributed by atoms with Gasteiger partial charge in [-0.15, -0.1) is 0 Å². The zero-order chi connectivity index (χ0) is 13.1. The van der Waals surface area contributed by atoms with Crippen molar-refractivity contribution in [1.29, 1.82) is 0 Å². The molecule has 0 aliphatic rings. The predicted octanol–water partition coefficient (Wildman–Crippen LogP) is 3.95. The van der Waals surface area contributed by atoms with Gasteiger partial charge in [-0.3, -0.25) is 0 Å². The first-order valence-electron chi connectivity index (χ1n) is 5.50. The van der Waals surface area contributed by atoms with Crippen LogP contribution < -0.4 is 10.5 Å². The standard InChI is InChI=1S/C14H13ClFNO/c1-9-13(17)3-2-4-14(9)18-8-10-7-11(15)5-6-12(10)16/h2-7H,8,17H2,1H3. The largest absolute Gasteiger partial charge is 0.488 e. The third-order valence-corrected chi connectivity index (χ3v) is 2.95. The summed E-state index contributed by atoms with van der Waals surface area (Å²) in [5.74, 6) is 0.315. The summed E-state index contributed by atoms with van der Waals surface area (Å²) >= 11 is 5.81. The van der Waals surface area contributed by atoms with Gasteiger partial charge in [-0.2, -0.15) is 0 Å². The predicted molar refractivity (Wildman–Crippen MR) is 71.3 cm³/mol. The molecule has 0 saturated heterocycles. The number of hydrogen-bond donors (Lipinski definition) is 1. The summed E-state index contributed by atoms with van der Waals surface area (Å²) in [6.07, 6.45) is 0. The van der Waals surface area contributed by atoms with Gasteiger partial charge in [0.1, 0.15) is 18.2 Å². The van der Waals surface area contributed by atoms with Crippen molar-refractivity contribution in [2.24, 2.45) is 0 Å². The van der Waals surface area contributed by atoms with Crippen molar-refractivity contribution in [2.45, 2.75) is 13.5 Å². The van der Waals surface area contributed by atoms with E-state index in [1.807, 2.05) is 6.92 Å². The van der Waals surface area contributed by atoms with Gasteiger partial charge in [-0.1, -0.05) is 17.7 Å². The third kappa shape index (κ3) is 2.74. The SMILES string of the molecule is Cc1c(N)cccc1OCc1cc(Cl)ccc1F. The minimum absolute atomic E-state index is 0.122. The fourth-order valence-corrected chi connectivity index (χ4v) is 1.79. The zero-order valence-electron chi connectivity index (χ0n) is 9.91. The number of rotatable bonds is 3. The van der Waals surface area contributed by atoms with Crippen LogP contribution in [0.5, 0.6) is 5.75 Å². The van der Waals surface area contributed by atoms with E-state index in [0.717, 1.165) is 5.56 Å². The summed E-state index contributed by atoms with van der Waals surface area (Å²) in [4.78, 5) is 0. The van der Waals surface area contributed by atoms with E-state index in [4.69, 9.17) is 22.1 Å². The highest BCUT2D eigenvalue weighted by atomic mass is 35.5. The molecule has 0 atom stereocenters. The molecule has 4 heteroatoms. The molecular formula is C14H13ClFNO. The van der Waals surface area contributed by atoms with E-state index in [-0.39, 0.29) is 12.4 Å². The molecule has 2 rings (SSSR count). The van der Waals surface area contributed by atoms with E-state index in [2.05, 4.69) is 0 Å². The van der Waals surface area contributed by atoms with Crippen LogP contribution in [0.15, 0.2) is 36.4 Å². The highest BCUT2D eigenvalue weighted by Gasteiger charge is 2.06. The summed E-state index contributed by atoms with van der Waals surface area (Å²) in [6, 6.07) is 9.78. The van der Waals surface area contributed by atoms with Gasteiger partial charge in [0.2, 0.25) is 0 Å². The van der Waals surface area contributed by atoms with Crippen LogP contribution in [-0.4, -0.2) is 0 Å². The molecule has 0 fully saturated rings. The Balaban J connectivity index is 2.16. The zero-order valence-corrected chi connectivity index (χ0v) is 10.7. The summed E-state index contributed by atoms with van der Waals surface area (Å²) in [7, 11) is 0. The van der Waals surface area contributed by atoms with E-state index in [1.54, 1.807) is 24.3 Å². The van der Waals surface area contributed by atoms with Crippen LogP contribution in [0.25, 0.3) is 0 Å². The second-order valence-electron chi connectivity index (χ2n) is 3.99. The van der Waals surface area contributed by atoms with Gasteiger partial charge in [0.25, 0.3) is 0 Å². The Labute approximate surface area is 110 Å². The lowest BCUT2D eigenvalue weighted by Gasteiger charge is -2.11. The molecule has 2 N–H and O–H groups in total. The van der Waals surface area contributed by atoms with Crippen molar-refractivity contribution in [3.05, 3.63) is 58.4 Å². The fourth-order valence-electron chi connectivity index (χ4n) is 1.60. The van der Waals surface area contributed by atoms with Crippen molar-refractivity contribution < 1.29 is 9.13 Å². The quantitative estimate of drug-likeness (QED) is 0.853. The lowest BCUT2D eigenvalue weighted by atomic mass is 10.2. The molecule has 2 aromatic rings. The molecular weight excluding hydrogens is 253 g/mol. The van der Waals surface area contributed by atoms with Crippen LogP contribution in [0.2, 0.25) is 5.02 Å². The molecule has 2 nitrogen and oxygen atoms in total. The number of benzene rings is 2. The van der Waals surface area contributed by atoms with Crippen molar-refractivity contribution in [2.75, 3.05) is 5.73 Å². The minimum Gasteiger partial charge on any atom is -0.488 e. The molecule has 0 bridgehead atoms. The van der Waals surface area contributed by atoms with Crippen LogP contribution in [0.3, 0.4) is 0 Å². The maximum absolute atomic E-state index is 13.5. The van der Waals surface area contributed by atoms with Gasteiger partial charge in [0, 0.05) is 21.8 Å². The first-order chi connectivity index (χ1) is 8.58. The van der Waals surface area contributed by atoms with Crippen LogP contribution in [0.4, 0.5) is 10.1 Å². The maximum Gasteiger partial charge on any atom is 0.129 e. The number of halogens is 2. The normalized spacial score (nSPS) is 10.4. The lowest BCUT2D eigenvalue weighted by Crippen LogP contribution is -2.01. The molecule has 0 aromatic heterocycles. The number of nitrogen functional groups attached to an aromatic ring is 1. The maximum atomic E-state index is 13.5. The van der Waals surface area contributed by atoms with Crippen LogP contribution >= 0.6 is 11.6 Å². The number of anilines is 1. The topological polar surface area (TPSA) is 35.2 Å². The second-order valence-corrected chi connectivity index (χ2v) is 4.43. The van der Waals surface area contributed by atoms with Crippen molar-refractivity contribution in [1.82, 2.24) is 0 Å². The van der Waals surface area contributed by atoms with E-state index in [1.165, 1.54) is 12.1 Å². The molecule has 2 aromatic carbocycles. The average Bonchev–Trinajstić information content (AvgIpc) is 2.35. The molecule has 0 unspecified atom stereocenters. The van der Waals surface area contributed by atoms with Crippen molar-refractivity contribution in [3.8, 4) is 5.75 Å². The Bertz CT molecular complexity index is 570. The van der Waals surface area contributed by atoms with Gasteiger partial charge < -0.3 is 10.5 Å². The first kappa shape index (κ1) is 12.7. The lowest BCUT2D eigenvalue weighted by molar-refractivity contribution is 0.298. The summed E-state index contributed by atoms with van der Waals surface area (Å²) in [5.41, 5.74) is 7.69. The number of hydrogen-bond acceptors (Lipinski definition) is 2. The van der Waals surface area contributed by atoms with Crippen LogP contribution in [0, 0.1) is 12.7 Å². The Hall–Kier alpha value is -1.74. The molecule has 0 saturated carbocycles. The highest BCUT2D eigenvalue weighted by molar-refractivity contribution is 6.30. The summed E-state index contributed by atoms with van der Waals surface area (Å²) in [6.45, 7) is 1.98. The van der Waals surface area contributed by atoms with Crippen LogP contribution in [-0.2, 0) is 6.61 Å². The van der Waals surface area contributed by atoms with E-state index in [9.17, 15) is 4.39 Å². The molecule has 18 heavy (non-hydrogen) atoms. The van der Waals surface area contributed by atoms with Crippen molar-refractivity contribution in [3.63, 3.8) is 0 Å². The Morgan fingerprint density at radius 3 is 2.83 bits per heavy atom. The smallest absolute Gasteiger partial charge is 0.129 e. The summed E-state index contributed by atoms with van der Waals surface area (Å²) in [5, 5.41) is 0.485. The van der Waals surface area contributed by atoms with E-state index < -0.39 is 0 Å². The van der Waals surface area contributed by atoms with Crippen LogP contribution in [0.1, 0.15) is 11.1 Å². The molecule has 0 amide bonds. The van der Waals surface area contributed by atoms with Gasteiger partial charge in [0.15, 0.2) is 0 Å². The molecule has 0 radical (unpaired) electrons. The third-order valence-electron chi connectivity index (χ3n) is 2.72. The Morgan fingerprint density at radius 2 is 2.06 bits per heavy atom. The Morgan fingerprint density at radius 1 is 1.28 bits per heavy atom. The van der Waals surface area contributed by atoms with Gasteiger partial charge in [-0.25, -0.2) is 4.39 Å². The van der Waals surface area contributed by atoms with E-state index >= 15 is 0 Å². The molecule has 0 aliphatic heterocycles.